The van der Waals surface area contributed by atoms with Gasteiger partial charge in [-0.1, -0.05) is 0 Å². The topological polar surface area (TPSA) is 75.9 Å². The molecule has 1 aliphatic rings. The van der Waals surface area contributed by atoms with E-state index in [4.69, 9.17) is 0 Å². The molecule has 1 saturated heterocycles. The highest BCUT2D eigenvalue weighted by Gasteiger charge is 2.30. The Morgan fingerprint density at radius 1 is 1.06 bits per heavy atom. The summed E-state index contributed by atoms with van der Waals surface area (Å²) in [5.74, 6) is -1.31. The number of halogens is 4. The molecule has 11 heteroatoms. The molecule has 0 radical (unpaired) electrons. The molecule has 0 aliphatic carbocycles. The largest absolute Gasteiger partial charge is 0.484 e. The Bertz CT molecular complexity index is 950. The number of carbonyl (C=O) groups is 1. The van der Waals surface area contributed by atoms with Gasteiger partial charge in [0.05, 0.1) is 4.92 Å². The van der Waals surface area contributed by atoms with Crippen molar-refractivity contribution < 1.29 is 32.0 Å². The number of ether oxygens (including phenoxy) is 1. The van der Waals surface area contributed by atoms with E-state index in [9.17, 15) is 32.5 Å². The van der Waals surface area contributed by atoms with Crippen LogP contribution in [0.3, 0.4) is 0 Å². The zero-order valence-electron chi connectivity index (χ0n) is 16.3. The fourth-order valence-corrected chi connectivity index (χ4v) is 3.30. The van der Waals surface area contributed by atoms with Crippen LogP contribution in [0.25, 0.3) is 0 Å². The number of alkyl halides is 3. The predicted molar refractivity (Wildman–Crippen MR) is 104 cm³/mol. The number of nitrogens with zero attached hydrogens (tertiary/aromatic N) is 3. The second-order valence-electron chi connectivity index (χ2n) is 6.95. The van der Waals surface area contributed by atoms with E-state index < -0.39 is 29.3 Å². The Hall–Kier alpha value is -3.37. The molecule has 0 bridgehead atoms. The van der Waals surface area contributed by atoms with Crippen LogP contribution in [-0.2, 0) is 0 Å². The summed E-state index contributed by atoms with van der Waals surface area (Å²) in [6.45, 7) is -0.0290. The molecule has 1 fully saturated rings. The molecular formula is C20H19F4N3O4. The van der Waals surface area contributed by atoms with Crippen molar-refractivity contribution >= 4 is 17.3 Å². The molecule has 2 aromatic carbocycles. The molecule has 7 nitrogen and oxygen atoms in total. The molecule has 0 N–H and O–H groups in total. The molecule has 0 unspecified atom stereocenters. The first kappa shape index (κ1) is 22.3. The monoisotopic (exact) mass is 441 g/mol. The molecule has 3 rings (SSSR count). The minimum Gasteiger partial charge on any atom is -0.484 e. The number of hydrogen-bond acceptors (Lipinski definition) is 5. The first-order valence-corrected chi connectivity index (χ1v) is 9.42. The van der Waals surface area contributed by atoms with E-state index in [0.717, 1.165) is 23.9 Å². The zero-order valence-corrected chi connectivity index (χ0v) is 16.3. The van der Waals surface area contributed by atoms with Gasteiger partial charge in [-0.2, -0.15) is 13.2 Å². The van der Waals surface area contributed by atoms with Crippen LogP contribution in [0.5, 0.6) is 5.75 Å². The van der Waals surface area contributed by atoms with Crippen LogP contribution in [0, 0.1) is 15.9 Å². The highest BCUT2D eigenvalue weighted by atomic mass is 19.4. The number of carbonyl (C=O) groups excluding carboxylic acids is 1. The third kappa shape index (κ3) is 5.83. The number of anilines is 1. The average molecular weight is 441 g/mol. The number of hydrogen-bond donors (Lipinski definition) is 0. The van der Waals surface area contributed by atoms with Crippen molar-refractivity contribution in [3.05, 3.63) is 64.0 Å². The van der Waals surface area contributed by atoms with Gasteiger partial charge in [0, 0.05) is 37.9 Å². The van der Waals surface area contributed by atoms with Crippen molar-refractivity contribution in [2.24, 2.45) is 0 Å². The SMILES string of the molecule is O=C(c1cc(OCC(F)(F)F)ccc1[N+](=O)[O-])N1CCCN(c2ccc(F)cc2)CC1. The molecule has 1 aliphatic heterocycles. The lowest BCUT2D eigenvalue weighted by atomic mass is 10.1. The lowest BCUT2D eigenvalue weighted by molar-refractivity contribution is -0.385. The Morgan fingerprint density at radius 3 is 2.42 bits per heavy atom. The van der Waals surface area contributed by atoms with Crippen LogP contribution in [0.4, 0.5) is 28.9 Å². The van der Waals surface area contributed by atoms with Crippen molar-refractivity contribution in [3.8, 4) is 5.75 Å². The van der Waals surface area contributed by atoms with E-state index >= 15 is 0 Å². The van der Waals surface area contributed by atoms with Crippen molar-refractivity contribution in [2.75, 3.05) is 37.7 Å². The lowest BCUT2D eigenvalue weighted by Gasteiger charge is -2.24. The minimum atomic E-state index is -4.58. The van der Waals surface area contributed by atoms with E-state index in [-0.39, 0.29) is 23.7 Å². The van der Waals surface area contributed by atoms with E-state index in [1.807, 2.05) is 4.90 Å². The van der Waals surface area contributed by atoms with E-state index in [1.54, 1.807) is 12.1 Å². The van der Waals surface area contributed by atoms with E-state index in [1.165, 1.54) is 17.0 Å². The second kappa shape index (κ2) is 9.19. The Balaban J connectivity index is 1.77. The maximum atomic E-state index is 13.1. The first-order valence-electron chi connectivity index (χ1n) is 9.42. The van der Waals surface area contributed by atoms with Gasteiger partial charge < -0.3 is 14.5 Å². The molecule has 1 heterocycles. The van der Waals surface area contributed by atoms with Crippen LogP contribution in [0.2, 0.25) is 0 Å². The van der Waals surface area contributed by atoms with Gasteiger partial charge in [0.15, 0.2) is 6.61 Å². The maximum absolute atomic E-state index is 13.1. The highest BCUT2D eigenvalue weighted by Crippen LogP contribution is 2.28. The van der Waals surface area contributed by atoms with E-state index in [2.05, 4.69) is 4.74 Å². The number of nitro benzene ring substituents is 1. The number of benzene rings is 2. The van der Waals surface area contributed by atoms with Gasteiger partial charge in [-0.05, 0) is 42.8 Å². The number of rotatable bonds is 5. The molecule has 0 atom stereocenters. The maximum Gasteiger partial charge on any atom is 0.422 e. The predicted octanol–water partition coefficient (Wildman–Crippen LogP) is 4.03. The van der Waals surface area contributed by atoms with Crippen LogP contribution in [0.15, 0.2) is 42.5 Å². The standard InChI is InChI=1S/C20H19F4N3O4/c21-14-2-4-15(5-3-14)25-8-1-9-26(11-10-25)19(28)17-12-16(31-13-20(22,23)24)6-7-18(17)27(29)30/h2-7,12H,1,8-11,13H2. The molecule has 0 spiro atoms. The summed E-state index contributed by atoms with van der Waals surface area (Å²) in [7, 11) is 0. The fraction of sp³-hybridized carbons (Fsp3) is 0.350. The Kier molecular flexibility index (Phi) is 6.62. The summed E-state index contributed by atoms with van der Waals surface area (Å²) >= 11 is 0. The molecule has 166 valence electrons. The summed E-state index contributed by atoms with van der Waals surface area (Å²) in [4.78, 5) is 27.0. The van der Waals surface area contributed by atoms with Gasteiger partial charge in [0.25, 0.3) is 11.6 Å². The number of nitro groups is 1. The van der Waals surface area contributed by atoms with Crippen LogP contribution in [-0.4, -0.2) is 54.7 Å². The Labute approximate surface area is 175 Å². The van der Waals surface area contributed by atoms with Gasteiger partial charge in [0.2, 0.25) is 0 Å². The van der Waals surface area contributed by atoms with Gasteiger partial charge in [-0.15, -0.1) is 0 Å². The summed E-state index contributed by atoms with van der Waals surface area (Å²) in [6.07, 6.45) is -4.03. The molecule has 0 saturated carbocycles. The van der Waals surface area contributed by atoms with Gasteiger partial charge in [0.1, 0.15) is 17.1 Å². The summed E-state index contributed by atoms with van der Waals surface area (Å²) in [6, 6.07) is 8.87. The first-order chi connectivity index (χ1) is 14.6. The molecule has 2 aromatic rings. The zero-order chi connectivity index (χ0) is 22.6. The van der Waals surface area contributed by atoms with Gasteiger partial charge in [-0.3, -0.25) is 14.9 Å². The fourth-order valence-electron chi connectivity index (χ4n) is 3.30. The lowest BCUT2D eigenvalue weighted by Crippen LogP contribution is -2.35. The second-order valence-corrected chi connectivity index (χ2v) is 6.95. The normalized spacial score (nSPS) is 14.8. The third-order valence-electron chi connectivity index (χ3n) is 4.77. The van der Waals surface area contributed by atoms with Crippen molar-refractivity contribution in [1.29, 1.82) is 0 Å². The average Bonchev–Trinajstić information content (AvgIpc) is 2.98. The smallest absolute Gasteiger partial charge is 0.422 e. The van der Waals surface area contributed by atoms with Gasteiger partial charge >= 0.3 is 6.18 Å². The van der Waals surface area contributed by atoms with Crippen molar-refractivity contribution in [1.82, 2.24) is 4.90 Å². The third-order valence-corrected chi connectivity index (χ3v) is 4.77. The van der Waals surface area contributed by atoms with Crippen molar-refractivity contribution in [3.63, 3.8) is 0 Å². The quantitative estimate of drug-likeness (QED) is 0.398. The van der Waals surface area contributed by atoms with E-state index in [0.29, 0.717) is 26.1 Å². The van der Waals surface area contributed by atoms with Crippen LogP contribution < -0.4 is 9.64 Å². The molecule has 1 amide bonds. The summed E-state index contributed by atoms with van der Waals surface area (Å²) < 4.78 is 55.0. The minimum absolute atomic E-state index is 0.237. The molecule has 31 heavy (non-hydrogen) atoms. The van der Waals surface area contributed by atoms with Crippen LogP contribution in [0.1, 0.15) is 16.8 Å². The van der Waals surface area contributed by atoms with Gasteiger partial charge in [-0.25, -0.2) is 4.39 Å². The van der Waals surface area contributed by atoms with Crippen molar-refractivity contribution in [2.45, 2.75) is 12.6 Å². The molecule has 0 aromatic heterocycles. The molecular weight excluding hydrogens is 422 g/mol. The Morgan fingerprint density at radius 2 is 1.77 bits per heavy atom. The highest BCUT2D eigenvalue weighted by molar-refractivity contribution is 5.98. The summed E-state index contributed by atoms with van der Waals surface area (Å²) in [5, 5.41) is 11.3. The van der Waals surface area contributed by atoms with Crippen LogP contribution >= 0.6 is 0 Å². The summed E-state index contributed by atoms with van der Waals surface area (Å²) in [5.41, 5.74) is -0.0619. The number of amides is 1.